The molecule has 2 rings (SSSR count). The Morgan fingerprint density at radius 3 is 2.68 bits per heavy atom. The van der Waals surface area contributed by atoms with Crippen LogP contribution in [0.15, 0.2) is 42.6 Å². The zero-order valence-electron chi connectivity index (χ0n) is 12.6. The molecule has 0 bridgehead atoms. The molecule has 1 aromatic carbocycles. The summed E-state index contributed by atoms with van der Waals surface area (Å²) >= 11 is 0. The van der Waals surface area contributed by atoms with Crippen LogP contribution in [0.5, 0.6) is 5.75 Å². The van der Waals surface area contributed by atoms with Gasteiger partial charge in [0.1, 0.15) is 11.6 Å². The molecule has 6 heteroatoms. The second kappa shape index (κ2) is 7.87. The molecule has 0 saturated heterocycles. The Hall–Kier alpha value is -2.76. The van der Waals surface area contributed by atoms with Crippen LogP contribution in [-0.4, -0.2) is 31.8 Å². The van der Waals surface area contributed by atoms with E-state index in [-0.39, 0.29) is 0 Å². The molecule has 0 radical (unpaired) electrons. The molecule has 22 heavy (non-hydrogen) atoms. The molecule has 6 nitrogen and oxygen atoms in total. The molecule has 0 aliphatic rings. The lowest BCUT2D eigenvalue weighted by atomic mass is 10.1. The highest BCUT2D eigenvalue weighted by molar-refractivity contribution is 5.83. The number of pyridine rings is 1. The molecule has 0 aliphatic carbocycles. The first kappa shape index (κ1) is 15.6. The average molecular weight is 301 g/mol. The topological polar surface area (TPSA) is 72.5 Å². The Bertz CT molecular complexity index is 614. The van der Waals surface area contributed by atoms with Crippen molar-refractivity contribution in [1.29, 1.82) is 0 Å². The molecule has 0 spiro atoms. The SMILES string of the molecule is COC(=O)Nc1ccc(NCCc2ccccc2OC)cn1. The van der Waals surface area contributed by atoms with Crippen molar-refractivity contribution in [3.05, 3.63) is 48.2 Å². The minimum absolute atomic E-state index is 0.446. The smallest absolute Gasteiger partial charge is 0.412 e. The molecule has 0 atom stereocenters. The van der Waals surface area contributed by atoms with Gasteiger partial charge in [0.25, 0.3) is 0 Å². The normalized spacial score (nSPS) is 9.91. The number of carbonyl (C=O) groups excluding carboxylic acids is 1. The number of nitrogens with zero attached hydrogens (tertiary/aromatic N) is 1. The number of methoxy groups -OCH3 is 2. The van der Waals surface area contributed by atoms with E-state index in [4.69, 9.17) is 4.74 Å². The lowest BCUT2D eigenvalue weighted by molar-refractivity contribution is 0.187. The summed E-state index contributed by atoms with van der Waals surface area (Å²) in [6.45, 7) is 0.756. The van der Waals surface area contributed by atoms with Crippen LogP contribution < -0.4 is 15.4 Å². The van der Waals surface area contributed by atoms with E-state index < -0.39 is 6.09 Å². The number of rotatable bonds is 6. The summed E-state index contributed by atoms with van der Waals surface area (Å²) in [6, 6.07) is 11.5. The van der Waals surface area contributed by atoms with Gasteiger partial charge in [0.15, 0.2) is 0 Å². The zero-order valence-corrected chi connectivity index (χ0v) is 12.6. The number of benzene rings is 1. The van der Waals surface area contributed by atoms with Crippen molar-refractivity contribution in [1.82, 2.24) is 4.98 Å². The van der Waals surface area contributed by atoms with Gasteiger partial charge in [-0.05, 0) is 30.2 Å². The molecule has 1 aromatic heterocycles. The van der Waals surface area contributed by atoms with Gasteiger partial charge in [0.05, 0.1) is 26.1 Å². The third-order valence-electron chi connectivity index (χ3n) is 3.09. The molecule has 0 unspecified atom stereocenters. The van der Waals surface area contributed by atoms with Crippen LogP contribution in [-0.2, 0) is 11.2 Å². The molecule has 1 amide bonds. The summed E-state index contributed by atoms with van der Waals surface area (Å²) < 4.78 is 9.82. The summed E-state index contributed by atoms with van der Waals surface area (Å²) in [4.78, 5) is 15.2. The summed E-state index contributed by atoms with van der Waals surface area (Å²) in [5, 5.41) is 5.78. The van der Waals surface area contributed by atoms with E-state index in [1.54, 1.807) is 19.4 Å². The zero-order chi connectivity index (χ0) is 15.8. The summed E-state index contributed by atoms with van der Waals surface area (Å²) in [5.74, 6) is 1.34. The molecular formula is C16H19N3O3. The van der Waals surface area contributed by atoms with Gasteiger partial charge >= 0.3 is 6.09 Å². The maximum atomic E-state index is 11.1. The quantitative estimate of drug-likeness (QED) is 0.858. The summed E-state index contributed by atoms with van der Waals surface area (Å²) in [5.41, 5.74) is 2.03. The molecule has 2 aromatic rings. The van der Waals surface area contributed by atoms with Crippen LogP contribution in [0.2, 0.25) is 0 Å². The van der Waals surface area contributed by atoms with Crippen molar-refractivity contribution < 1.29 is 14.3 Å². The summed E-state index contributed by atoms with van der Waals surface area (Å²) in [7, 11) is 2.98. The number of nitrogens with one attached hydrogen (secondary N) is 2. The fourth-order valence-electron chi connectivity index (χ4n) is 1.98. The van der Waals surface area contributed by atoms with Gasteiger partial charge in [0.2, 0.25) is 0 Å². The molecule has 1 heterocycles. The third kappa shape index (κ3) is 4.37. The van der Waals surface area contributed by atoms with Crippen molar-refractivity contribution in [2.24, 2.45) is 0 Å². The van der Waals surface area contributed by atoms with Crippen LogP contribution in [0, 0.1) is 0 Å². The van der Waals surface area contributed by atoms with Gasteiger partial charge in [-0.2, -0.15) is 0 Å². The van der Waals surface area contributed by atoms with E-state index >= 15 is 0 Å². The van der Waals surface area contributed by atoms with Gasteiger partial charge in [-0.3, -0.25) is 5.32 Å². The van der Waals surface area contributed by atoms with E-state index in [1.807, 2.05) is 30.3 Å². The number of hydrogen-bond acceptors (Lipinski definition) is 5. The van der Waals surface area contributed by atoms with Crippen molar-refractivity contribution in [3.8, 4) is 5.75 Å². The number of aromatic nitrogens is 1. The highest BCUT2D eigenvalue weighted by Crippen LogP contribution is 2.18. The van der Waals surface area contributed by atoms with Crippen molar-refractivity contribution in [2.75, 3.05) is 31.4 Å². The maximum absolute atomic E-state index is 11.1. The van der Waals surface area contributed by atoms with E-state index in [0.717, 1.165) is 30.0 Å². The molecule has 0 fully saturated rings. The molecular weight excluding hydrogens is 282 g/mol. The fraction of sp³-hybridized carbons (Fsp3) is 0.250. The van der Waals surface area contributed by atoms with Gasteiger partial charge in [0, 0.05) is 6.54 Å². The standard InChI is InChI=1S/C16H19N3O3/c1-21-14-6-4-3-5-12(14)9-10-17-13-7-8-15(18-11-13)19-16(20)22-2/h3-8,11,17H,9-10H2,1-2H3,(H,18,19,20). The average Bonchev–Trinajstić information content (AvgIpc) is 2.56. The van der Waals surface area contributed by atoms with E-state index in [0.29, 0.717) is 5.82 Å². The molecule has 2 N–H and O–H groups in total. The Balaban J connectivity index is 1.85. The van der Waals surface area contributed by atoms with Crippen LogP contribution in [0.1, 0.15) is 5.56 Å². The number of para-hydroxylation sites is 1. The Morgan fingerprint density at radius 1 is 1.18 bits per heavy atom. The second-order valence-corrected chi connectivity index (χ2v) is 4.54. The van der Waals surface area contributed by atoms with E-state index in [2.05, 4.69) is 20.4 Å². The summed E-state index contributed by atoms with van der Waals surface area (Å²) in [6.07, 6.45) is 1.96. The van der Waals surface area contributed by atoms with Gasteiger partial charge < -0.3 is 14.8 Å². The molecule has 0 aliphatic heterocycles. The highest BCUT2D eigenvalue weighted by Gasteiger charge is 2.03. The highest BCUT2D eigenvalue weighted by atomic mass is 16.5. The van der Waals surface area contributed by atoms with Gasteiger partial charge in [-0.1, -0.05) is 18.2 Å². The number of ether oxygens (including phenoxy) is 2. The Labute approximate surface area is 129 Å². The molecule has 116 valence electrons. The first-order valence-corrected chi connectivity index (χ1v) is 6.89. The van der Waals surface area contributed by atoms with Crippen LogP contribution in [0.25, 0.3) is 0 Å². The van der Waals surface area contributed by atoms with Crippen molar-refractivity contribution in [2.45, 2.75) is 6.42 Å². The van der Waals surface area contributed by atoms with Crippen LogP contribution in [0.3, 0.4) is 0 Å². The number of hydrogen-bond donors (Lipinski definition) is 2. The second-order valence-electron chi connectivity index (χ2n) is 4.54. The number of amides is 1. The lowest BCUT2D eigenvalue weighted by Crippen LogP contribution is -2.12. The first-order valence-electron chi connectivity index (χ1n) is 6.89. The Kier molecular flexibility index (Phi) is 5.59. The van der Waals surface area contributed by atoms with Crippen molar-refractivity contribution >= 4 is 17.6 Å². The number of anilines is 2. The monoisotopic (exact) mass is 301 g/mol. The van der Waals surface area contributed by atoms with Crippen molar-refractivity contribution in [3.63, 3.8) is 0 Å². The number of carbonyl (C=O) groups is 1. The van der Waals surface area contributed by atoms with E-state index in [9.17, 15) is 4.79 Å². The predicted molar refractivity (Wildman–Crippen MR) is 85.5 cm³/mol. The predicted octanol–water partition coefficient (Wildman–Crippen LogP) is 2.92. The largest absolute Gasteiger partial charge is 0.496 e. The van der Waals surface area contributed by atoms with Crippen LogP contribution in [0.4, 0.5) is 16.3 Å². The third-order valence-corrected chi connectivity index (χ3v) is 3.09. The first-order chi connectivity index (χ1) is 10.7. The lowest BCUT2D eigenvalue weighted by Gasteiger charge is -2.10. The van der Waals surface area contributed by atoms with E-state index in [1.165, 1.54) is 7.11 Å². The minimum Gasteiger partial charge on any atom is -0.496 e. The van der Waals surface area contributed by atoms with Gasteiger partial charge in [-0.25, -0.2) is 9.78 Å². The Morgan fingerprint density at radius 2 is 2.00 bits per heavy atom. The molecule has 0 saturated carbocycles. The fourth-order valence-corrected chi connectivity index (χ4v) is 1.98. The van der Waals surface area contributed by atoms with Gasteiger partial charge in [-0.15, -0.1) is 0 Å². The maximum Gasteiger partial charge on any atom is 0.412 e. The minimum atomic E-state index is -0.538. The van der Waals surface area contributed by atoms with Crippen LogP contribution >= 0.6 is 0 Å².